The molecular weight excluding hydrogens is 252 g/mol. The zero-order chi connectivity index (χ0) is 13.9. The van der Waals surface area contributed by atoms with Gasteiger partial charge in [0.2, 0.25) is 0 Å². The Morgan fingerprint density at radius 2 is 2.15 bits per heavy atom. The minimum Gasteiger partial charge on any atom is -0.494 e. The molecule has 3 rings (SSSR count). The lowest BCUT2D eigenvalue weighted by molar-refractivity contribution is 0.340. The first-order valence-corrected chi connectivity index (χ1v) is 6.73. The van der Waals surface area contributed by atoms with Crippen molar-refractivity contribution in [3.05, 3.63) is 36.8 Å². The maximum Gasteiger partial charge on any atom is 0.183 e. The normalized spacial score (nSPS) is 10.9. The Hall–Kier alpha value is -2.43. The molecular formula is C15H16N4O. The number of hydrogen-bond donors (Lipinski definition) is 0. The molecule has 2 heterocycles. The highest BCUT2D eigenvalue weighted by Crippen LogP contribution is 2.28. The fourth-order valence-electron chi connectivity index (χ4n) is 2.24. The van der Waals surface area contributed by atoms with Crippen molar-refractivity contribution in [2.45, 2.75) is 20.4 Å². The van der Waals surface area contributed by atoms with Gasteiger partial charge in [0.05, 0.1) is 19.1 Å². The maximum absolute atomic E-state index is 5.54. The van der Waals surface area contributed by atoms with Crippen molar-refractivity contribution in [2.75, 3.05) is 6.61 Å². The molecule has 0 fully saturated rings. The molecule has 0 aliphatic rings. The van der Waals surface area contributed by atoms with Crippen LogP contribution in [0.4, 0.5) is 0 Å². The molecule has 5 nitrogen and oxygen atoms in total. The Labute approximate surface area is 117 Å². The third kappa shape index (κ3) is 2.11. The highest BCUT2D eigenvalue weighted by atomic mass is 16.5. The highest BCUT2D eigenvalue weighted by molar-refractivity contribution is 5.89. The lowest BCUT2D eigenvalue weighted by Gasteiger charge is -2.06. The number of benzene rings is 1. The van der Waals surface area contributed by atoms with Crippen LogP contribution in [-0.4, -0.2) is 26.4 Å². The third-order valence-corrected chi connectivity index (χ3v) is 3.20. The Bertz CT molecular complexity index is 736. The zero-order valence-corrected chi connectivity index (χ0v) is 11.6. The summed E-state index contributed by atoms with van der Waals surface area (Å²) >= 11 is 0. The molecule has 0 radical (unpaired) electrons. The van der Waals surface area contributed by atoms with Gasteiger partial charge in [-0.05, 0) is 31.5 Å². The number of hydrogen-bond acceptors (Lipinski definition) is 4. The van der Waals surface area contributed by atoms with Crippen molar-refractivity contribution in [1.82, 2.24) is 19.7 Å². The second kappa shape index (κ2) is 5.28. The Balaban J connectivity index is 2.14. The monoisotopic (exact) mass is 268 g/mol. The average Bonchev–Trinajstić information content (AvgIpc) is 2.91. The maximum atomic E-state index is 5.54. The van der Waals surface area contributed by atoms with Gasteiger partial charge in [0.1, 0.15) is 11.3 Å². The predicted octanol–water partition coefficient (Wildman–Crippen LogP) is 2.91. The number of aryl methyl sites for hydroxylation is 1. The first-order chi connectivity index (χ1) is 9.83. The van der Waals surface area contributed by atoms with Crippen LogP contribution in [0.15, 0.2) is 36.8 Å². The van der Waals surface area contributed by atoms with Crippen molar-refractivity contribution in [1.29, 1.82) is 0 Å². The van der Waals surface area contributed by atoms with Gasteiger partial charge in [0, 0.05) is 12.1 Å². The van der Waals surface area contributed by atoms with E-state index in [1.807, 2.05) is 35.8 Å². The van der Waals surface area contributed by atoms with Gasteiger partial charge in [0.15, 0.2) is 5.65 Å². The summed E-state index contributed by atoms with van der Waals surface area (Å²) in [4.78, 5) is 4.46. The van der Waals surface area contributed by atoms with Crippen molar-refractivity contribution >= 4 is 11.2 Å². The molecule has 20 heavy (non-hydrogen) atoms. The summed E-state index contributed by atoms with van der Waals surface area (Å²) in [5.41, 5.74) is 3.70. The van der Waals surface area contributed by atoms with Crippen molar-refractivity contribution < 1.29 is 4.74 Å². The van der Waals surface area contributed by atoms with Crippen LogP contribution in [-0.2, 0) is 6.54 Å². The molecule has 0 aliphatic carbocycles. The first-order valence-electron chi connectivity index (χ1n) is 6.73. The van der Waals surface area contributed by atoms with Crippen LogP contribution < -0.4 is 4.74 Å². The number of rotatable bonds is 4. The molecule has 0 spiro atoms. The molecule has 0 bridgehead atoms. The standard InChI is InChI=1S/C15H16N4O/c1-3-19-10-16-14-13(9-17-18-15(14)19)11-6-5-7-12(8-11)20-4-2/h5-10H,3-4H2,1-2H3. The van der Waals surface area contributed by atoms with Gasteiger partial charge >= 0.3 is 0 Å². The lowest BCUT2D eigenvalue weighted by Crippen LogP contribution is -1.96. The second-order valence-electron chi connectivity index (χ2n) is 4.42. The number of imidazole rings is 1. The Morgan fingerprint density at radius 3 is 2.95 bits per heavy atom. The summed E-state index contributed by atoms with van der Waals surface area (Å²) in [7, 11) is 0. The molecule has 3 aromatic rings. The van der Waals surface area contributed by atoms with Gasteiger partial charge in [-0.25, -0.2) is 4.98 Å². The van der Waals surface area contributed by atoms with Crippen LogP contribution in [0, 0.1) is 0 Å². The van der Waals surface area contributed by atoms with E-state index >= 15 is 0 Å². The average molecular weight is 268 g/mol. The lowest BCUT2D eigenvalue weighted by atomic mass is 10.1. The van der Waals surface area contributed by atoms with Gasteiger partial charge in [-0.1, -0.05) is 12.1 Å². The van der Waals surface area contributed by atoms with E-state index in [1.165, 1.54) is 0 Å². The van der Waals surface area contributed by atoms with Crippen molar-refractivity contribution in [2.24, 2.45) is 0 Å². The molecule has 0 saturated carbocycles. The van der Waals surface area contributed by atoms with Crippen LogP contribution in [0.25, 0.3) is 22.3 Å². The largest absolute Gasteiger partial charge is 0.494 e. The van der Waals surface area contributed by atoms with Gasteiger partial charge < -0.3 is 9.30 Å². The SMILES string of the molecule is CCOc1cccc(-c2cnnc3c2ncn3CC)c1. The van der Waals surface area contributed by atoms with E-state index in [1.54, 1.807) is 12.5 Å². The molecule has 0 N–H and O–H groups in total. The van der Waals surface area contributed by atoms with E-state index in [0.29, 0.717) is 6.61 Å². The summed E-state index contributed by atoms with van der Waals surface area (Å²) in [6.07, 6.45) is 3.55. The molecule has 0 saturated heterocycles. The van der Waals surface area contributed by atoms with E-state index in [2.05, 4.69) is 22.1 Å². The predicted molar refractivity (Wildman–Crippen MR) is 77.6 cm³/mol. The van der Waals surface area contributed by atoms with Crippen LogP contribution in [0.3, 0.4) is 0 Å². The number of ether oxygens (including phenoxy) is 1. The first kappa shape index (κ1) is 12.6. The fraction of sp³-hybridized carbons (Fsp3) is 0.267. The molecule has 2 aromatic heterocycles. The number of aromatic nitrogens is 4. The van der Waals surface area contributed by atoms with Crippen LogP contribution in [0.2, 0.25) is 0 Å². The Kier molecular flexibility index (Phi) is 3.33. The summed E-state index contributed by atoms with van der Waals surface area (Å²) in [5.74, 6) is 0.852. The van der Waals surface area contributed by atoms with E-state index in [9.17, 15) is 0 Å². The third-order valence-electron chi connectivity index (χ3n) is 3.20. The molecule has 0 amide bonds. The minimum absolute atomic E-state index is 0.651. The number of nitrogens with zero attached hydrogens (tertiary/aromatic N) is 4. The number of fused-ring (bicyclic) bond motifs is 1. The van der Waals surface area contributed by atoms with Crippen molar-refractivity contribution in [3.8, 4) is 16.9 Å². The summed E-state index contributed by atoms with van der Waals surface area (Å²) in [5, 5.41) is 8.27. The van der Waals surface area contributed by atoms with Gasteiger partial charge in [-0.15, -0.1) is 5.10 Å². The topological polar surface area (TPSA) is 52.8 Å². The summed E-state index contributed by atoms with van der Waals surface area (Å²) in [6, 6.07) is 7.96. The zero-order valence-electron chi connectivity index (χ0n) is 11.6. The van der Waals surface area contributed by atoms with Crippen LogP contribution in [0.1, 0.15) is 13.8 Å². The van der Waals surface area contributed by atoms with E-state index in [4.69, 9.17) is 4.74 Å². The quantitative estimate of drug-likeness (QED) is 0.730. The molecule has 0 aliphatic heterocycles. The van der Waals surface area contributed by atoms with Gasteiger partial charge in [0.25, 0.3) is 0 Å². The fourth-order valence-corrected chi connectivity index (χ4v) is 2.24. The highest BCUT2D eigenvalue weighted by Gasteiger charge is 2.11. The van der Waals surface area contributed by atoms with Gasteiger partial charge in [-0.2, -0.15) is 5.10 Å². The Morgan fingerprint density at radius 1 is 1.25 bits per heavy atom. The van der Waals surface area contributed by atoms with Crippen LogP contribution >= 0.6 is 0 Å². The summed E-state index contributed by atoms with van der Waals surface area (Å²) in [6.45, 7) is 5.51. The van der Waals surface area contributed by atoms with Crippen molar-refractivity contribution in [3.63, 3.8) is 0 Å². The smallest absolute Gasteiger partial charge is 0.183 e. The van der Waals surface area contributed by atoms with E-state index < -0.39 is 0 Å². The molecule has 0 atom stereocenters. The minimum atomic E-state index is 0.651. The van der Waals surface area contributed by atoms with Gasteiger partial charge in [-0.3, -0.25) is 0 Å². The van der Waals surface area contributed by atoms with Crippen LogP contribution in [0.5, 0.6) is 5.75 Å². The molecule has 5 heteroatoms. The molecule has 1 aromatic carbocycles. The van der Waals surface area contributed by atoms with E-state index in [-0.39, 0.29) is 0 Å². The second-order valence-corrected chi connectivity index (χ2v) is 4.42. The molecule has 102 valence electrons. The molecule has 0 unspecified atom stereocenters. The summed E-state index contributed by atoms with van der Waals surface area (Å²) < 4.78 is 7.53. The van der Waals surface area contributed by atoms with E-state index in [0.717, 1.165) is 34.6 Å².